The molecule has 1 aliphatic heterocycles. The van der Waals surface area contributed by atoms with E-state index < -0.39 is 0 Å². The van der Waals surface area contributed by atoms with Crippen molar-refractivity contribution in [1.29, 1.82) is 0 Å². The first-order chi connectivity index (χ1) is 8.06. The molecule has 1 fully saturated rings. The van der Waals surface area contributed by atoms with E-state index in [-0.39, 0.29) is 18.0 Å². The van der Waals surface area contributed by atoms with Crippen LogP contribution in [0.1, 0.15) is 20.3 Å². The highest BCUT2D eigenvalue weighted by Gasteiger charge is 2.30. The number of methoxy groups -OCH3 is 1. The number of rotatable bonds is 5. The third kappa shape index (κ3) is 4.61. The van der Waals surface area contributed by atoms with E-state index in [2.05, 4.69) is 21.9 Å². The second kappa shape index (κ2) is 6.93. The summed E-state index contributed by atoms with van der Waals surface area (Å²) in [7, 11) is 1.40. The molecule has 3 unspecified atom stereocenters. The molecule has 5 heteroatoms. The van der Waals surface area contributed by atoms with Gasteiger partial charge in [-0.05, 0) is 25.8 Å². The Morgan fingerprint density at radius 1 is 1.59 bits per heavy atom. The van der Waals surface area contributed by atoms with Crippen molar-refractivity contribution in [1.82, 2.24) is 10.2 Å². The van der Waals surface area contributed by atoms with Gasteiger partial charge in [0.15, 0.2) is 0 Å². The fraction of sp³-hybridized carbons (Fsp3) is 0.917. The zero-order valence-corrected chi connectivity index (χ0v) is 11.0. The normalized spacial score (nSPS) is 27.8. The average Bonchev–Trinajstić information content (AvgIpc) is 2.29. The summed E-state index contributed by atoms with van der Waals surface area (Å²) in [6.45, 7) is 6.69. The number of piperidine rings is 1. The van der Waals surface area contributed by atoms with Crippen LogP contribution in [0.4, 0.5) is 0 Å². The van der Waals surface area contributed by atoms with E-state index in [4.69, 9.17) is 0 Å². The molecule has 0 amide bonds. The first-order valence-electron chi connectivity index (χ1n) is 6.27. The fourth-order valence-corrected chi connectivity index (χ4v) is 2.39. The predicted molar refractivity (Wildman–Crippen MR) is 65.7 cm³/mol. The molecule has 1 aliphatic rings. The Morgan fingerprint density at radius 3 is 2.82 bits per heavy atom. The number of nitrogens with zero attached hydrogens (tertiary/aromatic N) is 1. The van der Waals surface area contributed by atoms with Crippen LogP contribution in [-0.2, 0) is 9.53 Å². The summed E-state index contributed by atoms with van der Waals surface area (Å²) >= 11 is 0. The molecular weight excluding hydrogens is 220 g/mol. The number of hydrogen-bond acceptors (Lipinski definition) is 5. The molecular formula is C12H24N2O3. The molecule has 0 radical (unpaired) electrons. The van der Waals surface area contributed by atoms with Crippen LogP contribution in [0.15, 0.2) is 0 Å². The maximum atomic E-state index is 11.3. The summed E-state index contributed by atoms with van der Waals surface area (Å²) in [5, 5.41) is 13.1. The minimum absolute atomic E-state index is 0.216. The minimum Gasteiger partial charge on any atom is -0.468 e. The predicted octanol–water partition coefficient (Wildman–Crippen LogP) is -0.160. The Labute approximate surface area is 103 Å². The molecule has 0 aromatic rings. The smallest absolute Gasteiger partial charge is 0.319 e. The zero-order valence-electron chi connectivity index (χ0n) is 11.0. The molecule has 1 saturated heterocycles. The summed E-state index contributed by atoms with van der Waals surface area (Å²) in [6.07, 6.45) is 0.625. The van der Waals surface area contributed by atoms with Gasteiger partial charge in [-0.25, -0.2) is 0 Å². The fourth-order valence-electron chi connectivity index (χ4n) is 2.39. The highest BCUT2D eigenvalue weighted by atomic mass is 16.5. The van der Waals surface area contributed by atoms with E-state index in [1.807, 2.05) is 6.92 Å². The van der Waals surface area contributed by atoms with Gasteiger partial charge in [0.05, 0.1) is 19.8 Å². The Balaban J connectivity index is 2.55. The Morgan fingerprint density at radius 2 is 2.29 bits per heavy atom. The second-order valence-electron chi connectivity index (χ2n) is 4.76. The molecule has 0 aliphatic carbocycles. The van der Waals surface area contributed by atoms with Gasteiger partial charge in [-0.3, -0.25) is 9.69 Å². The number of hydrogen-bond donors (Lipinski definition) is 2. The molecule has 3 atom stereocenters. The van der Waals surface area contributed by atoms with E-state index in [1.54, 1.807) is 0 Å². The standard InChI is InChI=1S/C12H24N2O3/c1-4-13-11-5-10(9(2)15)6-14(7-11)8-12(16)17-3/h9-11,13,15H,4-8H2,1-3H3. The van der Waals surface area contributed by atoms with Gasteiger partial charge in [0.1, 0.15) is 0 Å². The molecule has 17 heavy (non-hydrogen) atoms. The minimum atomic E-state index is -0.336. The first-order valence-corrected chi connectivity index (χ1v) is 6.27. The lowest BCUT2D eigenvalue weighted by molar-refractivity contribution is -0.142. The summed E-state index contributed by atoms with van der Waals surface area (Å²) < 4.78 is 4.68. The van der Waals surface area contributed by atoms with Gasteiger partial charge in [-0.15, -0.1) is 0 Å². The van der Waals surface area contributed by atoms with Crippen molar-refractivity contribution in [2.45, 2.75) is 32.4 Å². The van der Waals surface area contributed by atoms with Crippen LogP contribution in [0, 0.1) is 5.92 Å². The monoisotopic (exact) mass is 244 g/mol. The number of aliphatic hydroxyl groups excluding tert-OH is 1. The molecule has 0 bridgehead atoms. The summed E-state index contributed by atoms with van der Waals surface area (Å²) in [5.41, 5.74) is 0. The number of nitrogens with one attached hydrogen (secondary N) is 1. The van der Waals surface area contributed by atoms with Crippen molar-refractivity contribution >= 4 is 5.97 Å². The van der Waals surface area contributed by atoms with Crippen LogP contribution in [0.3, 0.4) is 0 Å². The summed E-state index contributed by atoms with van der Waals surface area (Å²) in [4.78, 5) is 13.3. The molecule has 0 spiro atoms. The van der Waals surface area contributed by atoms with Gasteiger partial charge < -0.3 is 15.2 Å². The van der Waals surface area contributed by atoms with E-state index in [0.29, 0.717) is 12.6 Å². The van der Waals surface area contributed by atoms with E-state index in [0.717, 1.165) is 26.1 Å². The number of ether oxygens (including phenoxy) is 1. The van der Waals surface area contributed by atoms with Crippen LogP contribution in [-0.4, -0.2) is 61.4 Å². The van der Waals surface area contributed by atoms with Crippen LogP contribution < -0.4 is 5.32 Å². The molecule has 100 valence electrons. The molecule has 5 nitrogen and oxygen atoms in total. The highest BCUT2D eigenvalue weighted by molar-refractivity contribution is 5.71. The van der Waals surface area contributed by atoms with E-state index in [9.17, 15) is 9.90 Å². The maximum absolute atomic E-state index is 11.3. The Bertz CT molecular complexity index is 246. The van der Waals surface area contributed by atoms with Crippen molar-refractivity contribution in [3.8, 4) is 0 Å². The van der Waals surface area contributed by atoms with E-state index in [1.165, 1.54) is 7.11 Å². The van der Waals surface area contributed by atoms with Gasteiger partial charge in [0, 0.05) is 19.1 Å². The van der Waals surface area contributed by atoms with Gasteiger partial charge in [-0.2, -0.15) is 0 Å². The Kier molecular flexibility index (Phi) is 5.88. The van der Waals surface area contributed by atoms with Gasteiger partial charge >= 0.3 is 5.97 Å². The van der Waals surface area contributed by atoms with Crippen molar-refractivity contribution in [2.24, 2.45) is 5.92 Å². The molecule has 1 rings (SSSR count). The van der Waals surface area contributed by atoms with Gasteiger partial charge in [-0.1, -0.05) is 6.92 Å². The Hall–Kier alpha value is -0.650. The maximum Gasteiger partial charge on any atom is 0.319 e. The van der Waals surface area contributed by atoms with Gasteiger partial charge in [0.25, 0.3) is 0 Å². The van der Waals surface area contributed by atoms with Crippen LogP contribution in [0.2, 0.25) is 0 Å². The van der Waals surface area contributed by atoms with Crippen LogP contribution >= 0.6 is 0 Å². The number of aliphatic hydroxyl groups is 1. The highest BCUT2D eigenvalue weighted by Crippen LogP contribution is 2.20. The molecule has 0 saturated carbocycles. The number of likely N-dealkylation sites (tertiary alicyclic amines) is 1. The van der Waals surface area contributed by atoms with Crippen LogP contribution in [0.5, 0.6) is 0 Å². The topological polar surface area (TPSA) is 61.8 Å². The SMILES string of the molecule is CCNC1CC(C(C)O)CN(CC(=O)OC)C1. The lowest BCUT2D eigenvalue weighted by Gasteiger charge is -2.38. The quantitative estimate of drug-likeness (QED) is 0.658. The second-order valence-corrected chi connectivity index (χ2v) is 4.76. The van der Waals surface area contributed by atoms with Gasteiger partial charge in [0.2, 0.25) is 0 Å². The number of carbonyl (C=O) groups excluding carboxylic acids is 1. The lowest BCUT2D eigenvalue weighted by Crippen LogP contribution is -2.52. The summed E-state index contributed by atoms with van der Waals surface area (Å²) in [5.74, 6) is 0.00366. The third-order valence-corrected chi connectivity index (χ3v) is 3.31. The average molecular weight is 244 g/mol. The molecule has 0 aromatic heterocycles. The lowest BCUT2D eigenvalue weighted by atomic mass is 9.90. The summed E-state index contributed by atoms with van der Waals surface area (Å²) in [6, 6.07) is 0.345. The largest absolute Gasteiger partial charge is 0.468 e. The third-order valence-electron chi connectivity index (χ3n) is 3.31. The molecule has 0 aromatic carbocycles. The number of esters is 1. The van der Waals surface area contributed by atoms with Crippen molar-refractivity contribution < 1.29 is 14.6 Å². The number of carbonyl (C=O) groups is 1. The molecule has 2 N–H and O–H groups in total. The van der Waals surface area contributed by atoms with Crippen molar-refractivity contribution in [3.63, 3.8) is 0 Å². The molecule has 1 heterocycles. The van der Waals surface area contributed by atoms with Crippen molar-refractivity contribution in [2.75, 3.05) is 33.3 Å². The van der Waals surface area contributed by atoms with Crippen molar-refractivity contribution in [3.05, 3.63) is 0 Å². The number of likely N-dealkylation sites (N-methyl/N-ethyl adjacent to an activating group) is 1. The van der Waals surface area contributed by atoms with E-state index >= 15 is 0 Å². The van der Waals surface area contributed by atoms with Crippen LogP contribution in [0.25, 0.3) is 0 Å². The first kappa shape index (κ1) is 14.4. The zero-order chi connectivity index (χ0) is 12.8.